The summed E-state index contributed by atoms with van der Waals surface area (Å²) in [4.78, 5) is 0. The summed E-state index contributed by atoms with van der Waals surface area (Å²) in [7, 11) is -0.409. The van der Waals surface area contributed by atoms with E-state index >= 15 is 0 Å². The molecule has 35 heavy (non-hydrogen) atoms. The van der Waals surface area contributed by atoms with Gasteiger partial charge in [-0.2, -0.15) is 11.8 Å². The van der Waals surface area contributed by atoms with Gasteiger partial charge in [0.15, 0.2) is 0 Å². The minimum absolute atomic E-state index is 0.205. The summed E-state index contributed by atoms with van der Waals surface area (Å²) < 4.78 is 14.0. The predicted octanol–water partition coefficient (Wildman–Crippen LogP) is 10.4. The van der Waals surface area contributed by atoms with Gasteiger partial charge in [-0.25, -0.2) is 0 Å². The van der Waals surface area contributed by atoms with Crippen molar-refractivity contribution in [2.24, 2.45) is 0 Å². The van der Waals surface area contributed by atoms with Gasteiger partial charge in [-0.1, -0.05) is 77.0 Å². The molecule has 5 fully saturated rings. The molecule has 202 valence electrons. The second-order valence-electron chi connectivity index (χ2n) is 12.4. The zero-order valence-electron chi connectivity index (χ0n) is 22.6. The van der Waals surface area contributed by atoms with E-state index < -0.39 is 0 Å². The summed E-state index contributed by atoms with van der Waals surface area (Å²) >= 11 is 2.25. The van der Waals surface area contributed by atoms with E-state index in [0.717, 1.165) is 46.3 Å². The molecule has 2 nitrogen and oxygen atoms in total. The van der Waals surface area contributed by atoms with Crippen LogP contribution in [0, 0.1) is 0 Å². The van der Waals surface area contributed by atoms with Crippen LogP contribution in [0.2, 0.25) is 0 Å². The first kappa shape index (κ1) is 27.7. The first-order valence-corrected chi connectivity index (χ1v) is 19.6. The highest BCUT2D eigenvalue weighted by Crippen LogP contribution is 2.58. The Balaban J connectivity index is 1.09. The third-order valence-electron chi connectivity index (χ3n) is 9.75. The second kappa shape index (κ2) is 15.1. The third kappa shape index (κ3) is 8.31. The van der Waals surface area contributed by atoms with Crippen LogP contribution in [0.5, 0.6) is 0 Å². The number of hydrogen-bond acceptors (Lipinski definition) is 3. The molecule has 0 aromatic heterocycles. The molecular weight excluding hydrogens is 486 g/mol. The van der Waals surface area contributed by atoms with Crippen molar-refractivity contribution in [3.8, 4) is 0 Å². The minimum atomic E-state index is -0.205. The van der Waals surface area contributed by atoms with Crippen LogP contribution in [0.15, 0.2) is 0 Å². The lowest BCUT2D eigenvalue weighted by molar-refractivity contribution is 0.314. The van der Waals surface area contributed by atoms with Crippen LogP contribution < -0.4 is 0 Å². The Morgan fingerprint density at radius 1 is 0.400 bits per heavy atom. The third-order valence-corrected chi connectivity index (χ3v) is 17.1. The Morgan fingerprint density at radius 3 is 0.971 bits per heavy atom. The molecule has 1 saturated heterocycles. The zero-order valence-corrected chi connectivity index (χ0v) is 25.2. The van der Waals surface area contributed by atoms with Crippen molar-refractivity contribution in [3.05, 3.63) is 0 Å². The monoisotopic (exact) mass is 540 g/mol. The van der Waals surface area contributed by atoms with Gasteiger partial charge in [-0.3, -0.25) is 0 Å². The molecule has 0 aromatic carbocycles. The molecule has 5 aliphatic rings. The fourth-order valence-electron chi connectivity index (χ4n) is 7.72. The molecule has 5 rings (SSSR count). The molecule has 0 N–H and O–H groups in total. The first-order valence-electron chi connectivity index (χ1n) is 15.8. The standard InChI is InChI=1S/C30H54O2P2S/c1-5-13-25(14-6-1)33(26-15-7-2-8-16-26)31-23-29-21-22-30(35-29)24-32-34(27-17-9-3-10-18-27)28-19-11-4-12-20-28/h25-30H,1-24H2. The fourth-order valence-corrected chi connectivity index (χ4v) is 15.5. The molecule has 4 saturated carbocycles. The van der Waals surface area contributed by atoms with E-state index in [9.17, 15) is 0 Å². The highest BCUT2D eigenvalue weighted by Gasteiger charge is 2.36. The molecular formula is C30H54O2P2S. The SMILES string of the molecule is C1CCC(P(OCC2CCC(COP(C3CCCCC3)C3CCCCC3)S2)C2CCCCC2)CC1. The van der Waals surface area contributed by atoms with E-state index in [-0.39, 0.29) is 16.3 Å². The lowest BCUT2D eigenvalue weighted by Crippen LogP contribution is -2.23. The van der Waals surface area contributed by atoms with E-state index in [2.05, 4.69) is 11.8 Å². The summed E-state index contributed by atoms with van der Waals surface area (Å²) in [5.74, 6) is 0. The average Bonchev–Trinajstić information content (AvgIpc) is 3.39. The number of hydrogen-bond donors (Lipinski definition) is 0. The first-order chi connectivity index (χ1) is 17.4. The fraction of sp³-hybridized carbons (Fsp3) is 1.00. The molecule has 1 aliphatic heterocycles. The predicted molar refractivity (Wildman–Crippen MR) is 158 cm³/mol. The van der Waals surface area contributed by atoms with Crippen LogP contribution in [0.1, 0.15) is 141 Å². The molecule has 0 amide bonds. The lowest BCUT2D eigenvalue weighted by atomic mass is 10.00. The van der Waals surface area contributed by atoms with Crippen LogP contribution in [0.25, 0.3) is 0 Å². The van der Waals surface area contributed by atoms with Crippen molar-refractivity contribution in [2.45, 2.75) is 174 Å². The lowest BCUT2D eigenvalue weighted by Gasteiger charge is -2.38. The minimum Gasteiger partial charge on any atom is -0.358 e. The van der Waals surface area contributed by atoms with Crippen LogP contribution in [0.3, 0.4) is 0 Å². The molecule has 1 heterocycles. The van der Waals surface area contributed by atoms with E-state index in [1.165, 1.54) is 141 Å². The quantitative estimate of drug-likeness (QED) is 0.257. The van der Waals surface area contributed by atoms with Crippen LogP contribution in [-0.4, -0.2) is 46.3 Å². The summed E-state index contributed by atoms with van der Waals surface area (Å²) in [6, 6.07) is 0. The van der Waals surface area contributed by atoms with Gasteiger partial charge in [0.05, 0.1) is 13.2 Å². The van der Waals surface area contributed by atoms with Crippen LogP contribution in [-0.2, 0) is 9.05 Å². The summed E-state index contributed by atoms with van der Waals surface area (Å²) in [5, 5.41) is 1.47. The Hall–Kier alpha value is 1.13. The van der Waals surface area contributed by atoms with Crippen molar-refractivity contribution < 1.29 is 9.05 Å². The Bertz CT molecular complexity index is 497. The second-order valence-corrected chi connectivity index (χ2v) is 18.9. The van der Waals surface area contributed by atoms with Gasteiger partial charge in [0.2, 0.25) is 0 Å². The van der Waals surface area contributed by atoms with Crippen molar-refractivity contribution in [3.63, 3.8) is 0 Å². The largest absolute Gasteiger partial charge is 0.358 e. The molecule has 0 aromatic rings. The summed E-state index contributed by atoms with van der Waals surface area (Å²) in [5.41, 5.74) is 3.67. The average molecular weight is 541 g/mol. The van der Waals surface area contributed by atoms with Gasteiger partial charge in [0.1, 0.15) is 0 Å². The molecule has 2 unspecified atom stereocenters. The maximum atomic E-state index is 6.98. The van der Waals surface area contributed by atoms with Crippen molar-refractivity contribution >= 4 is 28.1 Å². The van der Waals surface area contributed by atoms with Crippen molar-refractivity contribution in [1.82, 2.24) is 0 Å². The van der Waals surface area contributed by atoms with Gasteiger partial charge in [-0.05, 0) is 64.2 Å². The smallest absolute Gasteiger partial charge is 0.0628 e. The maximum absolute atomic E-state index is 6.98. The topological polar surface area (TPSA) is 18.5 Å². The number of rotatable bonds is 10. The summed E-state index contributed by atoms with van der Waals surface area (Å²) in [6.45, 7) is 2.08. The van der Waals surface area contributed by atoms with E-state index in [1.807, 2.05) is 0 Å². The van der Waals surface area contributed by atoms with E-state index in [4.69, 9.17) is 9.05 Å². The molecule has 4 aliphatic carbocycles. The zero-order chi connectivity index (χ0) is 23.7. The molecule has 5 heteroatoms. The molecule has 0 spiro atoms. The highest BCUT2D eigenvalue weighted by atomic mass is 32.2. The Kier molecular flexibility index (Phi) is 11.9. The summed E-state index contributed by atoms with van der Waals surface area (Å²) in [6.07, 6.45) is 32.0. The normalized spacial score (nSPS) is 31.0. The van der Waals surface area contributed by atoms with Gasteiger partial charge in [-0.15, -0.1) is 0 Å². The van der Waals surface area contributed by atoms with Gasteiger partial charge in [0, 0.05) is 49.4 Å². The highest BCUT2D eigenvalue weighted by molar-refractivity contribution is 8.00. The molecule has 0 bridgehead atoms. The van der Waals surface area contributed by atoms with Crippen LogP contribution in [0.4, 0.5) is 0 Å². The number of thioether (sulfide) groups is 1. The molecule has 2 atom stereocenters. The van der Waals surface area contributed by atoms with Gasteiger partial charge in [0.25, 0.3) is 0 Å². The van der Waals surface area contributed by atoms with Crippen LogP contribution >= 0.6 is 28.1 Å². The maximum Gasteiger partial charge on any atom is 0.0628 e. The van der Waals surface area contributed by atoms with E-state index in [1.54, 1.807) is 0 Å². The van der Waals surface area contributed by atoms with Gasteiger partial charge < -0.3 is 9.05 Å². The van der Waals surface area contributed by atoms with E-state index in [0.29, 0.717) is 0 Å². The Morgan fingerprint density at radius 2 is 0.686 bits per heavy atom. The van der Waals surface area contributed by atoms with Gasteiger partial charge >= 0.3 is 0 Å². The van der Waals surface area contributed by atoms with Crippen molar-refractivity contribution in [1.29, 1.82) is 0 Å². The molecule has 0 radical (unpaired) electrons. The Labute approximate surface area is 224 Å². The van der Waals surface area contributed by atoms with Crippen molar-refractivity contribution in [2.75, 3.05) is 13.2 Å².